The second-order valence-electron chi connectivity index (χ2n) is 6.86. The molecule has 3 N–H and O–H groups in total. The first-order valence-electron chi connectivity index (χ1n) is 9.37. The van der Waals surface area contributed by atoms with Gasteiger partial charge in [-0.05, 0) is 48.0 Å². The molecule has 0 spiro atoms. The van der Waals surface area contributed by atoms with Crippen LogP contribution < -0.4 is 16.6 Å². The van der Waals surface area contributed by atoms with Crippen LogP contribution in [0.3, 0.4) is 0 Å². The van der Waals surface area contributed by atoms with E-state index in [1.165, 1.54) is 34.9 Å². The Hall–Kier alpha value is -4.33. The second-order valence-corrected chi connectivity index (χ2v) is 6.86. The number of hydrogen-bond acceptors (Lipinski definition) is 4. The van der Waals surface area contributed by atoms with E-state index in [2.05, 4.69) is 10.3 Å². The van der Waals surface area contributed by atoms with E-state index < -0.39 is 17.4 Å². The highest BCUT2D eigenvalue weighted by molar-refractivity contribution is 6.09. The third-order valence-corrected chi connectivity index (χ3v) is 4.79. The van der Waals surface area contributed by atoms with E-state index in [9.17, 15) is 18.8 Å². The summed E-state index contributed by atoms with van der Waals surface area (Å²) in [6.07, 6.45) is 1.55. The third-order valence-electron chi connectivity index (χ3n) is 4.79. The molecule has 2 aromatic heterocycles. The maximum atomic E-state index is 13.3. The second kappa shape index (κ2) is 8.19. The van der Waals surface area contributed by atoms with E-state index in [0.717, 1.165) is 0 Å². The summed E-state index contributed by atoms with van der Waals surface area (Å²) in [5.74, 6) is -1.77. The summed E-state index contributed by atoms with van der Waals surface area (Å²) in [7, 11) is 0. The number of nitrogens with two attached hydrogens (primary N) is 1. The molecule has 0 aliphatic rings. The maximum Gasteiger partial charge on any atom is 0.265 e. The molecule has 0 saturated carbocycles. The molecular formula is C23H17FN4O3. The molecule has 0 bridgehead atoms. The van der Waals surface area contributed by atoms with E-state index >= 15 is 0 Å². The minimum absolute atomic E-state index is 0.103. The lowest BCUT2D eigenvalue weighted by molar-refractivity contribution is 0.100. The van der Waals surface area contributed by atoms with Gasteiger partial charge in [-0.1, -0.05) is 24.3 Å². The van der Waals surface area contributed by atoms with Gasteiger partial charge >= 0.3 is 0 Å². The predicted molar refractivity (Wildman–Crippen MR) is 114 cm³/mol. The van der Waals surface area contributed by atoms with Crippen LogP contribution >= 0.6 is 0 Å². The van der Waals surface area contributed by atoms with Gasteiger partial charge in [-0.25, -0.2) is 9.37 Å². The van der Waals surface area contributed by atoms with Crippen molar-refractivity contribution in [1.29, 1.82) is 0 Å². The molecule has 0 atom stereocenters. The Bertz CT molecular complexity index is 1360. The number of aromatic nitrogens is 2. The zero-order chi connectivity index (χ0) is 22.0. The van der Waals surface area contributed by atoms with Crippen molar-refractivity contribution < 1.29 is 14.0 Å². The molecule has 2 heterocycles. The molecule has 4 rings (SSSR count). The molecule has 0 aliphatic carbocycles. The van der Waals surface area contributed by atoms with Crippen LogP contribution in [0.1, 0.15) is 26.3 Å². The lowest BCUT2D eigenvalue weighted by Crippen LogP contribution is -2.30. The van der Waals surface area contributed by atoms with Gasteiger partial charge in [0.25, 0.3) is 17.4 Å². The molecular weight excluding hydrogens is 399 g/mol. The Balaban J connectivity index is 1.79. The fraction of sp³-hybridized carbons (Fsp3) is 0.0435. The zero-order valence-corrected chi connectivity index (χ0v) is 16.2. The van der Waals surface area contributed by atoms with Gasteiger partial charge in [0.2, 0.25) is 0 Å². The largest absolute Gasteiger partial charge is 0.366 e. The number of benzene rings is 2. The standard InChI is InChI=1S/C23H17FN4O3/c24-16-9-7-14(8-10-16)13-28-21-15(4-3-11-26-21)12-18(23(28)31)22(30)27-19-6-2-1-5-17(19)20(25)29/h1-12H,13H2,(H2,25,29)(H,27,30). The molecule has 8 heteroatoms. The fourth-order valence-electron chi connectivity index (χ4n) is 3.28. The van der Waals surface area contributed by atoms with Gasteiger partial charge in [0.15, 0.2) is 0 Å². The highest BCUT2D eigenvalue weighted by atomic mass is 19.1. The van der Waals surface area contributed by atoms with E-state index in [-0.39, 0.29) is 29.2 Å². The van der Waals surface area contributed by atoms with Gasteiger partial charge in [0.1, 0.15) is 17.0 Å². The normalized spacial score (nSPS) is 10.7. The first-order valence-corrected chi connectivity index (χ1v) is 9.37. The lowest BCUT2D eigenvalue weighted by atomic mass is 10.1. The summed E-state index contributed by atoms with van der Waals surface area (Å²) in [5.41, 5.74) is 6.08. The Morgan fingerprint density at radius 3 is 2.48 bits per heavy atom. The number of fused-ring (bicyclic) bond motifs is 1. The Morgan fingerprint density at radius 2 is 1.74 bits per heavy atom. The van der Waals surface area contributed by atoms with Crippen LogP contribution in [0.5, 0.6) is 0 Å². The predicted octanol–water partition coefficient (Wildman–Crippen LogP) is 2.94. The highest BCUT2D eigenvalue weighted by Crippen LogP contribution is 2.17. The lowest BCUT2D eigenvalue weighted by Gasteiger charge is -2.13. The number of nitrogens with zero attached hydrogens (tertiary/aromatic N) is 2. The van der Waals surface area contributed by atoms with Gasteiger partial charge in [-0.15, -0.1) is 0 Å². The minimum Gasteiger partial charge on any atom is -0.366 e. The van der Waals surface area contributed by atoms with Crippen molar-refractivity contribution in [2.24, 2.45) is 5.73 Å². The molecule has 2 aromatic carbocycles. The number of halogens is 1. The average molecular weight is 416 g/mol. The summed E-state index contributed by atoms with van der Waals surface area (Å²) in [4.78, 5) is 42.1. The molecule has 0 aliphatic heterocycles. The SMILES string of the molecule is NC(=O)c1ccccc1NC(=O)c1cc2cccnc2n(Cc2ccc(F)cc2)c1=O. The molecule has 2 amide bonds. The number of anilines is 1. The Kier molecular flexibility index (Phi) is 5.28. The summed E-state index contributed by atoms with van der Waals surface area (Å²) < 4.78 is 14.6. The first kappa shape index (κ1) is 20.0. The van der Waals surface area contributed by atoms with Crippen molar-refractivity contribution >= 4 is 28.5 Å². The van der Waals surface area contributed by atoms with E-state index in [0.29, 0.717) is 16.6 Å². The number of pyridine rings is 2. The number of rotatable bonds is 5. The van der Waals surface area contributed by atoms with Gasteiger partial charge < -0.3 is 11.1 Å². The van der Waals surface area contributed by atoms with Crippen LogP contribution in [-0.2, 0) is 6.54 Å². The monoisotopic (exact) mass is 416 g/mol. The topological polar surface area (TPSA) is 107 Å². The van der Waals surface area contributed by atoms with Gasteiger partial charge in [-0.3, -0.25) is 19.0 Å². The number of nitrogens with one attached hydrogen (secondary N) is 1. The van der Waals surface area contributed by atoms with Gasteiger partial charge in [0.05, 0.1) is 17.8 Å². The zero-order valence-electron chi connectivity index (χ0n) is 16.2. The summed E-state index contributed by atoms with van der Waals surface area (Å²) in [5, 5.41) is 3.17. The van der Waals surface area contributed by atoms with Crippen LogP contribution in [0, 0.1) is 5.82 Å². The van der Waals surface area contributed by atoms with Crippen LogP contribution in [0.15, 0.2) is 77.7 Å². The number of amides is 2. The molecule has 4 aromatic rings. The smallest absolute Gasteiger partial charge is 0.265 e. The van der Waals surface area contributed by atoms with Crippen molar-refractivity contribution in [2.75, 3.05) is 5.32 Å². The van der Waals surface area contributed by atoms with Crippen molar-refractivity contribution in [3.63, 3.8) is 0 Å². The molecule has 0 radical (unpaired) electrons. The number of carbonyl (C=O) groups excluding carboxylic acids is 2. The third kappa shape index (κ3) is 4.04. The first-order chi connectivity index (χ1) is 14.9. The maximum absolute atomic E-state index is 13.3. The average Bonchev–Trinajstić information content (AvgIpc) is 2.77. The number of primary amides is 1. The van der Waals surface area contributed by atoms with E-state index in [1.54, 1.807) is 42.6 Å². The molecule has 31 heavy (non-hydrogen) atoms. The highest BCUT2D eigenvalue weighted by Gasteiger charge is 2.18. The number of carbonyl (C=O) groups is 2. The fourth-order valence-corrected chi connectivity index (χ4v) is 3.28. The quantitative estimate of drug-likeness (QED) is 0.522. The molecule has 0 unspecified atom stereocenters. The molecule has 154 valence electrons. The van der Waals surface area contributed by atoms with Gasteiger partial charge in [0, 0.05) is 11.6 Å². The van der Waals surface area contributed by atoms with Crippen LogP contribution in [0.4, 0.5) is 10.1 Å². The Morgan fingerprint density at radius 1 is 1.00 bits per heavy atom. The van der Waals surface area contributed by atoms with Crippen molar-refractivity contribution in [3.8, 4) is 0 Å². The van der Waals surface area contributed by atoms with Crippen molar-refractivity contribution in [3.05, 3.63) is 106 Å². The summed E-state index contributed by atoms with van der Waals surface area (Å²) in [6.45, 7) is 0.103. The van der Waals surface area contributed by atoms with Crippen LogP contribution in [0.25, 0.3) is 11.0 Å². The number of hydrogen-bond donors (Lipinski definition) is 2. The van der Waals surface area contributed by atoms with Crippen molar-refractivity contribution in [2.45, 2.75) is 6.54 Å². The van der Waals surface area contributed by atoms with Crippen LogP contribution in [-0.4, -0.2) is 21.4 Å². The summed E-state index contributed by atoms with van der Waals surface area (Å²) >= 11 is 0. The number of para-hydroxylation sites is 1. The van der Waals surface area contributed by atoms with Gasteiger partial charge in [-0.2, -0.15) is 0 Å². The van der Waals surface area contributed by atoms with E-state index in [1.807, 2.05) is 0 Å². The molecule has 0 fully saturated rings. The Labute approximate surface area is 176 Å². The molecule has 0 saturated heterocycles. The molecule has 7 nitrogen and oxygen atoms in total. The summed E-state index contributed by atoms with van der Waals surface area (Å²) in [6, 6.07) is 16.9. The van der Waals surface area contributed by atoms with E-state index in [4.69, 9.17) is 5.73 Å². The van der Waals surface area contributed by atoms with Crippen molar-refractivity contribution in [1.82, 2.24) is 9.55 Å². The van der Waals surface area contributed by atoms with Crippen LogP contribution in [0.2, 0.25) is 0 Å². The minimum atomic E-state index is -0.702.